The minimum absolute atomic E-state index is 0.233. The molecule has 4 N–H and O–H groups in total. The van der Waals surface area contributed by atoms with Crippen LogP contribution in [0.2, 0.25) is 0 Å². The molecule has 0 bridgehead atoms. The van der Waals surface area contributed by atoms with Crippen LogP contribution >= 0.6 is 12.6 Å². The molecule has 1 rings (SSSR count). The van der Waals surface area contributed by atoms with Gasteiger partial charge in [0.2, 0.25) is 0 Å². The molecule has 1 heterocycles. The Hall–Kier alpha value is -1.27. The molecule has 0 aromatic carbocycles. The highest BCUT2D eigenvalue weighted by atomic mass is 32.1. The Labute approximate surface area is 99.5 Å². The fourth-order valence-electron chi connectivity index (χ4n) is 1.32. The van der Waals surface area contributed by atoms with E-state index >= 15 is 0 Å². The van der Waals surface area contributed by atoms with Gasteiger partial charge in [0, 0.05) is 12.3 Å². The quantitative estimate of drug-likeness (QED) is 0.562. The van der Waals surface area contributed by atoms with Crippen molar-refractivity contribution in [3.05, 3.63) is 23.4 Å². The summed E-state index contributed by atoms with van der Waals surface area (Å²) in [4.78, 5) is 14.8. The Morgan fingerprint density at radius 2 is 2.38 bits per heavy atom. The highest BCUT2D eigenvalue weighted by Crippen LogP contribution is 2.06. The van der Waals surface area contributed by atoms with Gasteiger partial charge >= 0.3 is 5.97 Å². The van der Waals surface area contributed by atoms with Crippen molar-refractivity contribution in [2.45, 2.75) is 19.5 Å². The van der Waals surface area contributed by atoms with Crippen LogP contribution in [0.5, 0.6) is 0 Å². The Balaban J connectivity index is 2.63. The zero-order chi connectivity index (χ0) is 12.1. The molecule has 16 heavy (non-hydrogen) atoms. The Morgan fingerprint density at radius 3 is 2.88 bits per heavy atom. The van der Waals surface area contributed by atoms with Gasteiger partial charge in [-0.15, -0.1) is 0 Å². The molecule has 88 valence electrons. The van der Waals surface area contributed by atoms with E-state index in [0.29, 0.717) is 12.4 Å². The molecule has 1 aromatic rings. The molecule has 0 spiro atoms. The van der Waals surface area contributed by atoms with E-state index in [1.807, 2.05) is 13.0 Å². The third-order valence-corrected chi connectivity index (χ3v) is 2.42. The zero-order valence-electron chi connectivity index (χ0n) is 8.97. The van der Waals surface area contributed by atoms with Gasteiger partial charge in [-0.05, 0) is 24.6 Å². The van der Waals surface area contributed by atoms with Crippen LogP contribution in [0.1, 0.15) is 11.3 Å². The molecule has 0 aliphatic rings. The van der Waals surface area contributed by atoms with Gasteiger partial charge in [0.1, 0.15) is 11.9 Å². The summed E-state index contributed by atoms with van der Waals surface area (Å²) in [6, 6.07) is 2.95. The first-order valence-electron chi connectivity index (χ1n) is 4.83. The van der Waals surface area contributed by atoms with Crippen molar-refractivity contribution in [3.63, 3.8) is 0 Å². The molecule has 0 saturated heterocycles. The molecule has 0 unspecified atom stereocenters. The number of hydrogen-bond acceptors (Lipinski definition) is 5. The number of nitrogens with two attached hydrogens (primary N) is 1. The number of hydrogen-bond donors (Lipinski definition) is 4. The van der Waals surface area contributed by atoms with E-state index in [1.165, 1.54) is 0 Å². The molecule has 0 aliphatic carbocycles. The second kappa shape index (κ2) is 5.72. The van der Waals surface area contributed by atoms with E-state index in [9.17, 15) is 4.79 Å². The number of thiol groups is 1. The van der Waals surface area contributed by atoms with Gasteiger partial charge < -0.3 is 10.8 Å². The number of carbonyl (C=O) groups is 1. The topological polar surface area (TPSA) is 88.2 Å². The van der Waals surface area contributed by atoms with Crippen molar-refractivity contribution in [1.29, 1.82) is 0 Å². The molecule has 0 radical (unpaired) electrons. The average molecular weight is 241 g/mol. The van der Waals surface area contributed by atoms with Gasteiger partial charge in [-0.2, -0.15) is 12.6 Å². The molecular formula is C10H15N3O2S. The molecule has 0 aliphatic heterocycles. The van der Waals surface area contributed by atoms with E-state index in [2.05, 4.69) is 22.9 Å². The Bertz CT molecular complexity index is 364. The van der Waals surface area contributed by atoms with Crippen molar-refractivity contribution >= 4 is 24.4 Å². The van der Waals surface area contributed by atoms with Crippen LogP contribution in [0.15, 0.2) is 12.1 Å². The van der Waals surface area contributed by atoms with E-state index in [-0.39, 0.29) is 5.75 Å². The number of carboxylic acids is 1. The van der Waals surface area contributed by atoms with Gasteiger partial charge in [0.25, 0.3) is 0 Å². The molecule has 0 amide bonds. The SMILES string of the molecule is Cc1cc(N)nc(CN[C@@H](CS)C(=O)O)c1. The highest BCUT2D eigenvalue weighted by molar-refractivity contribution is 7.80. The van der Waals surface area contributed by atoms with Crippen molar-refractivity contribution in [1.82, 2.24) is 10.3 Å². The maximum absolute atomic E-state index is 10.7. The van der Waals surface area contributed by atoms with Gasteiger partial charge in [0.15, 0.2) is 0 Å². The number of aryl methyl sites for hydroxylation is 1. The second-order valence-corrected chi connectivity index (χ2v) is 3.88. The van der Waals surface area contributed by atoms with Gasteiger partial charge in [-0.1, -0.05) is 0 Å². The van der Waals surface area contributed by atoms with Crippen LogP contribution in [0.4, 0.5) is 5.82 Å². The normalized spacial score (nSPS) is 12.4. The van der Waals surface area contributed by atoms with E-state index in [1.54, 1.807) is 6.07 Å². The number of aliphatic carboxylic acids is 1. The molecular weight excluding hydrogens is 226 g/mol. The predicted molar refractivity (Wildman–Crippen MR) is 65.5 cm³/mol. The number of aromatic nitrogens is 1. The zero-order valence-corrected chi connectivity index (χ0v) is 9.87. The van der Waals surface area contributed by atoms with E-state index in [4.69, 9.17) is 10.8 Å². The molecule has 6 heteroatoms. The van der Waals surface area contributed by atoms with Crippen molar-refractivity contribution in [2.24, 2.45) is 0 Å². The van der Waals surface area contributed by atoms with E-state index in [0.717, 1.165) is 11.3 Å². The molecule has 1 atom stereocenters. The van der Waals surface area contributed by atoms with Gasteiger partial charge in [-0.3, -0.25) is 10.1 Å². The number of carboxylic acid groups (broad SMARTS) is 1. The first-order chi connectivity index (χ1) is 7.52. The third-order valence-electron chi connectivity index (χ3n) is 2.05. The third kappa shape index (κ3) is 3.71. The average Bonchev–Trinajstić information content (AvgIpc) is 2.16. The lowest BCUT2D eigenvalue weighted by Crippen LogP contribution is -2.37. The fourth-order valence-corrected chi connectivity index (χ4v) is 1.60. The van der Waals surface area contributed by atoms with Crippen LogP contribution in [-0.2, 0) is 11.3 Å². The van der Waals surface area contributed by atoms with E-state index < -0.39 is 12.0 Å². The van der Waals surface area contributed by atoms with Crippen LogP contribution in [0, 0.1) is 6.92 Å². The number of rotatable bonds is 5. The van der Waals surface area contributed by atoms with Gasteiger partial charge in [0.05, 0.1) is 5.69 Å². The highest BCUT2D eigenvalue weighted by Gasteiger charge is 2.14. The number of nitrogens with one attached hydrogen (secondary N) is 1. The summed E-state index contributed by atoms with van der Waals surface area (Å²) in [5.74, 6) is -0.249. The minimum Gasteiger partial charge on any atom is -0.480 e. The summed E-state index contributed by atoms with van der Waals surface area (Å²) < 4.78 is 0. The second-order valence-electron chi connectivity index (χ2n) is 3.51. The summed E-state index contributed by atoms with van der Waals surface area (Å²) in [6.07, 6.45) is 0. The summed E-state index contributed by atoms with van der Waals surface area (Å²) in [6.45, 7) is 2.28. The first-order valence-corrected chi connectivity index (χ1v) is 5.46. The lowest BCUT2D eigenvalue weighted by Gasteiger charge is -2.11. The van der Waals surface area contributed by atoms with Crippen LogP contribution in [0.3, 0.4) is 0 Å². The maximum atomic E-state index is 10.7. The minimum atomic E-state index is -0.921. The maximum Gasteiger partial charge on any atom is 0.321 e. The summed E-state index contributed by atoms with van der Waals surface area (Å²) >= 11 is 3.95. The lowest BCUT2D eigenvalue weighted by molar-refractivity contribution is -0.138. The Morgan fingerprint density at radius 1 is 1.69 bits per heavy atom. The predicted octanol–water partition coefficient (Wildman–Crippen LogP) is 0.445. The summed E-state index contributed by atoms with van der Waals surface area (Å²) in [5.41, 5.74) is 7.32. The van der Waals surface area contributed by atoms with Crippen molar-refractivity contribution in [3.8, 4) is 0 Å². The largest absolute Gasteiger partial charge is 0.480 e. The first kappa shape index (κ1) is 12.8. The fraction of sp³-hybridized carbons (Fsp3) is 0.400. The Kier molecular flexibility index (Phi) is 4.57. The molecule has 1 aromatic heterocycles. The lowest BCUT2D eigenvalue weighted by atomic mass is 10.2. The monoisotopic (exact) mass is 241 g/mol. The smallest absolute Gasteiger partial charge is 0.321 e. The number of pyridine rings is 1. The standard InChI is InChI=1S/C10H15N3O2S/c1-6-2-7(13-9(11)3-6)4-12-8(5-16)10(14)15/h2-3,8,12,16H,4-5H2,1H3,(H2,11,13)(H,14,15)/t8-/m0/s1. The summed E-state index contributed by atoms with van der Waals surface area (Å²) in [5, 5.41) is 11.6. The van der Waals surface area contributed by atoms with Crippen LogP contribution in [-0.4, -0.2) is 27.9 Å². The molecule has 0 fully saturated rings. The molecule has 5 nitrogen and oxygen atoms in total. The molecule has 0 saturated carbocycles. The van der Waals surface area contributed by atoms with Crippen molar-refractivity contribution in [2.75, 3.05) is 11.5 Å². The van der Waals surface area contributed by atoms with Crippen LogP contribution in [0.25, 0.3) is 0 Å². The number of anilines is 1. The van der Waals surface area contributed by atoms with Gasteiger partial charge in [-0.25, -0.2) is 4.98 Å². The number of nitrogen functional groups attached to an aromatic ring is 1. The van der Waals surface area contributed by atoms with Crippen LogP contribution < -0.4 is 11.1 Å². The number of nitrogens with zero attached hydrogens (tertiary/aromatic N) is 1. The van der Waals surface area contributed by atoms with Crippen molar-refractivity contribution < 1.29 is 9.90 Å². The summed E-state index contributed by atoms with van der Waals surface area (Å²) in [7, 11) is 0.